The lowest BCUT2D eigenvalue weighted by molar-refractivity contribution is 0.337. The highest BCUT2D eigenvalue weighted by molar-refractivity contribution is 7.90. The van der Waals surface area contributed by atoms with E-state index in [0.29, 0.717) is 5.82 Å². The third kappa shape index (κ3) is 4.29. The summed E-state index contributed by atoms with van der Waals surface area (Å²) in [6.45, 7) is 1.83. The molecule has 0 unspecified atom stereocenters. The van der Waals surface area contributed by atoms with E-state index in [2.05, 4.69) is 10.1 Å². The van der Waals surface area contributed by atoms with Gasteiger partial charge in [0.2, 0.25) is 21.7 Å². The smallest absolute Gasteiger partial charge is 0.243 e. The number of hydrogen-bond donors (Lipinski definition) is 0. The van der Waals surface area contributed by atoms with Crippen molar-refractivity contribution in [1.29, 1.82) is 0 Å². The first-order valence-electron chi connectivity index (χ1n) is 8.23. The molecule has 0 aliphatic carbocycles. The Labute approximate surface area is 163 Å². The van der Waals surface area contributed by atoms with Crippen molar-refractivity contribution in [1.82, 2.24) is 14.4 Å². The summed E-state index contributed by atoms with van der Waals surface area (Å²) >= 11 is 0. The van der Waals surface area contributed by atoms with Crippen molar-refractivity contribution < 1.29 is 21.4 Å². The summed E-state index contributed by atoms with van der Waals surface area (Å²) in [6.07, 6.45) is 1.06. The third-order valence-corrected chi connectivity index (χ3v) is 7.01. The molecule has 1 heterocycles. The number of sulfone groups is 1. The van der Waals surface area contributed by atoms with E-state index in [1.807, 2.05) is 31.2 Å². The van der Waals surface area contributed by atoms with Crippen molar-refractivity contribution in [2.45, 2.75) is 23.3 Å². The SMILES string of the molecule is Cc1cccc(-c2noc(CN(C)S(=O)(=O)c3ccc(S(C)(=O)=O)cc3)n2)c1. The number of aryl methyl sites for hydroxylation is 1. The molecule has 0 bridgehead atoms. The van der Waals surface area contributed by atoms with Gasteiger partial charge < -0.3 is 4.52 Å². The van der Waals surface area contributed by atoms with Crippen molar-refractivity contribution in [3.05, 3.63) is 60.0 Å². The van der Waals surface area contributed by atoms with Crippen molar-refractivity contribution >= 4 is 19.9 Å². The van der Waals surface area contributed by atoms with Gasteiger partial charge in [0.1, 0.15) is 0 Å². The first-order valence-corrected chi connectivity index (χ1v) is 11.6. The summed E-state index contributed by atoms with van der Waals surface area (Å²) < 4.78 is 54.7. The van der Waals surface area contributed by atoms with Crippen LogP contribution in [0, 0.1) is 6.92 Å². The zero-order valence-electron chi connectivity index (χ0n) is 15.5. The van der Waals surface area contributed by atoms with Gasteiger partial charge in [-0.3, -0.25) is 0 Å². The van der Waals surface area contributed by atoms with Gasteiger partial charge in [0.05, 0.1) is 16.3 Å². The van der Waals surface area contributed by atoms with Crippen LogP contribution in [-0.4, -0.2) is 44.6 Å². The van der Waals surface area contributed by atoms with E-state index in [0.717, 1.165) is 21.7 Å². The maximum Gasteiger partial charge on any atom is 0.243 e. The van der Waals surface area contributed by atoms with Gasteiger partial charge in [-0.1, -0.05) is 28.9 Å². The molecule has 10 heteroatoms. The Balaban J connectivity index is 1.79. The standard InChI is InChI=1S/C18H19N3O5S2/c1-13-5-4-6-14(11-13)18-19-17(26-20-18)12-21(2)28(24,25)16-9-7-15(8-10-16)27(3,22)23/h4-11H,12H2,1-3H3. The Morgan fingerprint density at radius 1 is 1.00 bits per heavy atom. The van der Waals surface area contributed by atoms with E-state index >= 15 is 0 Å². The summed E-state index contributed by atoms with van der Waals surface area (Å²) in [4.78, 5) is 4.27. The average molecular weight is 422 g/mol. The zero-order valence-corrected chi connectivity index (χ0v) is 17.2. The first-order chi connectivity index (χ1) is 13.1. The highest BCUT2D eigenvalue weighted by Gasteiger charge is 2.24. The molecule has 3 rings (SSSR count). The van der Waals surface area contributed by atoms with E-state index in [1.54, 1.807) is 0 Å². The Hall–Kier alpha value is -2.56. The summed E-state index contributed by atoms with van der Waals surface area (Å²) in [6, 6.07) is 12.6. The molecule has 8 nitrogen and oxygen atoms in total. The Morgan fingerprint density at radius 3 is 2.25 bits per heavy atom. The Morgan fingerprint density at radius 2 is 1.64 bits per heavy atom. The van der Waals surface area contributed by atoms with Gasteiger partial charge in [-0.05, 0) is 37.3 Å². The molecule has 0 saturated carbocycles. The van der Waals surface area contributed by atoms with Crippen LogP contribution in [0.4, 0.5) is 0 Å². The summed E-state index contributed by atoms with van der Waals surface area (Å²) in [5.74, 6) is 0.525. The lowest BCUT2D eigenvalue weighted by atomic mass is 10.1. The van der Waals surface area contributed by atoms with Crippen LogP contribution in [0.5, 0.6) is 0 Å². The van der Waals surface area contributed by atoms with Crippen molar-refractivity contribution in [3.8, 4) is 11.4 Å². The van der Waals surface area contributed by atoms with Gasteiger partial charge in [-0.2, -0.15) is 9.29 Å². The molecule has 0 radical (unpaired) electrons. The molecular formula is C18H19N3O5S2. The minimum absolute atomic E-state index is 0.0270. The van der Waals surface area contributed by atoms with Crippen LogP contribution in [0.1, 0.15) is 11.5 Å². The maximum absolute atomic E-state index is 12.7. The molecule has 0 amide bonds. The average Bonchev–Trinajstić information content (AvgIpc) is 3.09. The van der Waals surface area contributed by atoms with Crippen LogP contribution < -0.4 is 0 Å². The van der Waals surface area contributed by atoms with Gasteiger partial charge in [0.15, 0.2) is 9.84 Å². The fourth-order valence-electron chi connectivity index (χ4n) is 2.53. The molecule has 0 N–H and O–H groups in total. The fourth-order valence-corrected chi connectivity index (χ4v) is 4.29. The van der Waals surface area contributed by atoms with Crippen LogP contribution >= 0.6 is 0 Å². The highest BCUT2D eigenvalue weighted by atomic mass is 32.2. The molecular weight excluding hydrogens is 402 g/mol. The van der Waals surface area contributed by atoms with Gasteiger partial charge >= 0.3 is 0 Å². The van der Waals surface area contributed by atoms with Crippen molar-refractivity contribution in [3.63, 3.8) is 0 Å². The van der Waals surface area contributed by atoms with Crippen molar-refractivity contribution in [2.24, 2.45) is 0 Å². The van der Waals surface area contributed by atoms with Gasteiger partial charge in [-0.15, -0.1) is 0 Å². The summed E-state index contributed by atoms with van der Waals surface area (Å²) in [5, 5.41) is 3.90. The molecule has 1 aromatic heterocycles. The van der Waals surface area contributed by atoms with Gasteiger partial charge in [-0.25, -0.2) is 16.8 Å². The fraction of sp³-hybridized carbons (Fsp3) is 0.222. The largest absolute Gasteiger partial charge is 0.338 e. The Kier molecular flexibility index (Phi) is 5.37. The van der Waals surface area contributed by atoms with Crippen molar-refractivity contribution in [2.75, 3.05) is 13.3 Å². The molecule has 0 atom stereocenters. The predicted octanol–water partition coefficient (Wildman–Crippen LogP) is 2.27. The quantitative estimate of drug-likeness (QED) is 0.600. The molecule has 3 aromatic rings. The minimum Gasteiger partial charge on any atom is -0.338 e. The number of rotatable bonds is 6. The molecule has 0 spiro atoms. The molecule has 2 aromatic carbocycles. The molecule has 0 fully saturated rings. The number of aromatic nitrogens is 2. The number of nitrogens with zero attached hydrogens (tertiary/aromatic N) is 3. The second-order valence-corrected chi connectivity index (χ2v) is 10.4. The van der Waals surface area contributed by atoms with Crippen LogP contribution in [-0.2, 0) is 26.4 Å². The molecule has 148 valence electrons. The monoisotopic (exact) mass is 421 g/mol. The number of sulfonamides is 1. The zero-order chi connectivity index (χ0) is 20.5. The van der Waals surface area contributed by atoms with Crippen LogP contribution in [0.3, 0.4) is 0 Å². The van der Waals surface area contributed by atoms with E-state index in [1.165, 1.54) is 31.3 Å². The molecule has 0 aliphatic rings. The van der Waals surface area contributed by atoms with E-state index in [-0.39, 0.29) is 22.2 Å². The first kappa shape index (κ1) is 20.2. The van der Waals surface area contributed by atoms with Gasteiger partial charge in [0, 0.05) is 18.9 Å². The van der Waals surface area contributed by atoms with E-state index < -0.39 is 19.9 Å². The van der Waals surface area contributed by atoms with E-state index in [4.69, 9.17) is 4.52 Å². The normalized spacial score (nSPS) is 12.4. The summed E-state index contributed by atoms with van der Waals surface area (Å²) in [5.41, 5.74) is 1.82. The minimum atomic E-state index is -3.85. The molecule has 0 saturated heterocycles. The summed E-state index contributed by atoms with van der Waals surface area (Å²) in [7, 11) is -5.87. The molecule has 28 heavy (non-hydrogen) atoms. The lowest BCUT2D eigenvalue weighted by Crippen LogP contribution is -2.26. The number of hydrogen-bond acceptors (Lipinski definition) is 7. The third-order valence-electron chi connectivity index (χ3n) is 4.06. The van der Waals surface area contributed by atoms with Crippen LogP contribution in [0.25, 0.3) is 11.4 Å². The Bertz CT molecular complexity index is 1200. The van der Waals surface area contributed by atoms with Crippen LogP contribution in [0.2, 0.25) is 0 Å². The predicted molar refractivity (Wildman–Crippen MR) is 103 cm³/mol. The second-order valence-electron chi connectivity index (χ2n) is 6.39. The topological polar surface area (TPSA) is 110 Å². The maximum atomic E-state index is 12.7. The lowest BCUT2D eigenvalue weighted by Gasteiger charge is -2.15. The van der Waals surface area contributed by atoms with Crippen LogP contribution in [0.15, 0.2) is 62.8 Å². The highest BCUT2D eigenvalue weighted by Crippen LogP contribution is 2.21. The van der Waals surface area contributed by atoms with Gasteiger partial charge in [0.25, 0.3) is 0 Å². The molecule has 0 aliphatic heterocycles. The van der Waals surface area contributed by atoms with E-state index in [9.17, 15) is 16.8 Å². The second kappa shape index (κ2) is 7.46. The number of benzene rings is 2.